The second kappa shape index (κ2) is 15.1. The van der Waals surface area contributed by atoms with Crippen LogP contribution in [-0.2, 0) is 33.2 Å². The fourth-order valence-corrected chi connectivity index (χ4v) is 5.51. The first-order valence-electron chi connectivity index (χ1n) is 12.9. The van der Waals surface area contributed by atoms with Gasteiger partial charge < -0.3 is 14.4 Å². The van der Waals surface area contributed by atoms with Gasteiger partial charge in [0.25, 0.3) is 5.91 Å². The summed E-state index contributed by atoms with van der Waals surface area (Å²) in [6.45, 7) is 2.48. The number of anilines is 1. The van der Waals surface area contributed by atoms with Crippen LogP contribution in [0.2, 0.25) is 0 Å². The van der Waals surface area contributed by atoms with Crippen LogP contribution < -0.4 is 9.64 Å². The average Bonchev–Trinajstić information content (AvgIpc) is 3.70. The van der Waals surface area contributed by atoms with E-state index in [0.29, 0.717) is 6.61 Å². The number of β-lactam (4-membered cyclic amide) rings is 1. The Kier molecular flexibility index (Phi) is 11.6. The first kappa shape index (κ1) is 30.7. The van der Waals surface area contributed by atoms with Gasteiger partial charge in [0.2, 0.25) is 0 Å². The summed E-state index contributed by atoms with van der Waals surface area (Å²) in [5, 5.41) is 1.13. The summed E-state index contributed by atoms with van der Waals surface area (Å²) in [4.78, 5) is 16.3. The fourth-order valence-electron chi connectivity index (χ4n) is 4.53. The molecule has 3 aliphatic rings. The summed E-state index contributed by atoms with van der Waals surface area (Å²) in [7, 11) is 1.64. The molecular weight excluding hydrogens is 558 g/mol. The number of carbonyl (C=O) groups is 1. The van der Waals surface area contributed by atoms with Crippen molar-refractivity contribution in [2.24, 2.45) is 0 Å². The van der Waals surface area contributed by atoms with Gasteiger partial charge in [-0.05, 0) is 100 Å². The molecule has 40 heavy (non-hydrogen) atoms. The molecule has 4 nitrogen and oxygen atoms in total. The first-order chi connectivity index (χ1) is 19.1. The van der Waals surface area contributed by atoms with E-state index < -0.39 is 6.10 Å². The van der Waals surface area contributed by atoms with Gasteiger partial charge in [0, 0.05) is 21.8 Å². The predicted molar refractivity (Wildman–Crippen MR) is 157 cm³/mol. The third kappa shape index (κ3) is 7.53. The molecule has 10 radical (unpaired) electrons. The number of carbonyl (C=O) groups excluding carboxylic acids is 1. The zero-order valence-electron chi connectivity index (χ0n) is 22.4. The Hall–Kier alpha value is -2.24. The number of methoxy groups -OCH3 is 1. The Labute approximate surface area is 254 Å². The third-order valence-corrected chi connectivity index (χ3v) is 7.70. The maximum absolute atomic E-state index is 13.3. The molecule has 1 heterocycles. The molecule has 0 spiro atoms. The molecule has 2 atom stereocenters. The van der Waals surface area contributed by atoms with Crippen molar-refractivity contribution in [2.75, 3.05) is 12.0 Å². The first-order valence-corrected chi connectivity index (χ1v) is 13.7. The molecule has 0 unspecified atom stereocenters. The molecule has 3 fully saturated rings. The molecule has 0 aromatic heterocycles. The van der Waals surface area contributed by atoms with Crippen molar-refractivity contribution < 1.29 is 31.3 Å². The minimum Gasteiger partial charge on any atom is -0.497 e. The molecule has 3 aromatic carbocycles. The van der Waals surface area contributed by atoms with Crippen LogP contribution in [0.15, 0.2) is 83.8 Å². The SMILES string of the molecule is COc1ccc(N2C(=O)[C@@H](OCc3ccccc3)[C@H]2[C]2[CH][CH][CH][C]2Sc2ccc(C)cc2)cc1.[CH]1[CH][CH][CH][CH]1.[Fe+2]. The minimum absolute atomic E-state index is 0. The summed E-state index contributed by atoms with van der Waals surface area (Å²) in [5.74, 6) is 1.83. The Bertz CT molecular complexity index is 1180. The molecule has 0 bridgehead atoms. The molecule has 202 valence electrons. The van der Waals surface area contributed by atoms with Gasteiger partial charge in [-0.25, -0.2) is 0 Å². The van der Waals surface area contributed by atoms with Gasteiger partial charge in [-0.1, -0.05) is 48.0 Å². The standard InChI is InChI=1S/C29H26NO3S.C5H5.Fe/c1-20-11-17-24(18-12-20)34-26-10-6-9-25(26)27-28(33-19-21-7-4-3-5-8-21)29(31)30(27)22-13-15-23(32-2)16-14-22;1-2-4-5-3-1;/h3-18,27-28H,19H2,1-2H3;1-5H;/q;;+2/t27-,28+;;/m1../s1. The van der Waals surface area contributed by atoms with Crippen LogP contribution in [0.1, 0.15) is 11.1 Å². The number of rotatable bonds is 8. The van der Waals surface area contributed by atoms with Crippen LogP contribution in [-0.4, -0.2) is 25.2 Å². The van der Waals surface area contributed by atoms with Crippen molar-refractivity contribution in [1.82, 2.24) is 0 Å². The molecule has 1 amide bonds. The van der Waals surface area contributed by atoms with Crippen LogP contribution >= 0.6 is 11.8 Å². The number of aryl methyl sites for hydroxylation is 1. The van der Waals surface area contributed by atoms with Crippen LogP contribution in [0.3, 0.4) is 0 Å². The van der Waals surface area contributed by atoms with Crippen LogP contribution in [0.4, 0.5) is 5.69 Å². The van der Waals surface area contributed by atoms with Gasteiger partial charge in [0.15, 0.2) is 6.10 Å². The summed E-state index contributed by atoms with van der Waals surface area (Å²) in [6.07, 6.45) is 15.7. The van der Waals surface area contributed by atoms with E-state index in [4.69, 9.17) is 9.47 Å². The van der Waals surface area contributed by atoms with E-state index in [0.717, 1.165) is 28.2 Å². The summed E-state index contributed by atoms with van der Waals surface area (Å²) < 4.78 is 11.5. The Balaban J connectivity index is 0.000000557. The number of hydrogen-bond acceptors (Lipinski definition) is 4. The second-order valence-corrected chi connectivity index (χ2v) is 10.4. The van der Waals surface area contributed by atoms with Crippen LogP contribution in [0, 0.1) is 69.5 Å². The maximum Gasteiger partial charge on any atom is 2.00 e. The summed E-state index contributed by atoms with van der Waals surface area (Å²) >= 11 is 1.71. The van der Waals surface area contributed by atoms with E-state index in [1.165, 1.54) is 10.5 Å². The molecule has 2 aliphatic carbocycles. The number of hydrogen-bond donors (Lipinski definition) is 0. The van der Waals surface area contributed by atoms with Crippen molar-refractivity contribution in [3.05, 3.63) is 153 Å². The quantitative estimate of drug-likeness (QED) is 0.213. The van der Waals surface area contributed by atoms with Crippen molar-refractivity contribution in [1.29, 1.82) is 0 Å². The van der Waals surface area contributed by atoms with E-state index >= 15 is 0 Å². The number of thioether (sulfide) groups is 1. The summed E-state index contributed by atoms with van der Waals surface area (Å²) in [6, 6.07) is 25.9. The number of nitrogens with zero attached hydrogens (tertiary/aromatic N) is 1. The minimum atomic E-state index is -0.540. The normalized spacial score (nSPS) is 20.9. The van der Waals surface area contributed by atoms with Crippen molar-refractivity contribution in [3.8, 4) is 5.75 Å². The van der Waals surface area contributed by atoms with E-state index in [1.54, 1.807) is 18.9 Å². The van der Waals surface area contributed by atoms with Gasteiger partial charge in [-0.3, -0.25) is 4.79 Å². The molecule has 6 rings (SSSR count). The molecule has 1 saturated heterocycles. The Morgan fingerprint density at radius 1 is 0.800 bits per heavy atom. The maximum atomic E-state index is 13.3. The second-order valence-electron chi connectivity index (χ2n) is 9.29. The van der Waals surface area contributed by atoms with E-state index in [2.05, 4.69) is 50.5 Å². The molecule has 2 saturated carbocycles. The van der Waals surface area contributed by atoms with Gasteiger partial charge in [-0.15, -0.1) is 11.8 Å². The van der Waals surface area contributed by atoms with E-state index in [1.807, 2.05) is 91.6 Å². The Morgan fingerprint density at radius 3 is 2.08 bits per heavy atom. The number of benzene rings is 3. The van der Waals surface area contributed by atoms with Gasteiger partial charge in [0.05, 0.1) is 19.8 Å². The fraction of sp³-hybridized carbons (Fsp3) is 0.147. The van der Waals surface area contributed by atoms with Crippen molar-refractivity contribution >= 4 is 23.4 Å². The van der Waals surface area contributed by atoms with Crippen LogP contribution in [0.5, 0.6) is 5.75 Å². The van der Waals surface area contributed by atoms with Crippen LogP contribution in [0.25, 0.3) is 0 Å². The van der Waals surface area contributed by atoms with E-state index in [-0.39, 0.29) is 29.0 Å². The Morgan fingerprint density at radius 2 is 1.45 bits per heavy atom. The number of ether oxygens (including phenoxy) is 2. The molecular formula is C34H31FeNO3S+2. The van der Waals surface area contributed by atoms with Crippen molar-refractivity contribution in [3.63, 3.8) is 0 Å². The zero-order valence-corrected chi connectivity index (χ0v) is 24.3. The molecule has 6 heteroatoms. The smallest absolute Gasteiger partial charge is 0.497 e. The van der Waals surface area contributed by atoms with Crippen molar-refractivity contribution in [2.45, 2.75) is 30.6 Å². The largest absolute Gasteiger partial charge is 2.00 e. The summed E-state index contributed by atoms with van der Waals surface area (Å²) in [5.41, 5.74) is 3.12. The predicted octanol–water partition coefficient (Wildman–Crippen LogP) is 6.85. The zero-order chi connectivity index (χ0) is 27.0. The van der Waals surface area contributed by atoms with Gasteiger partial charge in [0.1, 0.15) is 5.75 Å². The molecule has 3 aromatic rings. The number of amides is 1. The van der Waals surface area contributed by atoms with Gasteiger partial charge in [-0.2, -0.15) is 0 Å². The molecule has 1 aliphatic heterocycles. The average molecular weight is 590 g/mol. The molecule has 0 N–H and O–H groups in total. The van der Waals surface area contributed by atoms with Gasteiger partial charge >= 0.3 is 17.1 Å². The third-order valence-electron chi connectivity index (χ3n) is 6.60. The van der Waals surface area contributed by atoms with E-state index in [9.17, 15) is 4.79 Å². The monoisotopic (exact) mass is 589 g/mol. The topological polar surface area (TPSA) is 38.8 Å².